The van der Waals surface area contributed by atoms with Gasteiger partial charge in [-0.3, -0.25) is 4.79 Å². The number of imidazole rings is 2. The molecule has 178 valence electrons. The van der Waals surface area contributed by atoms with Crippen LogP contribution in [0, 0.1) is 18.6 Å². The second kappa shape index (κ2) is 8.50. The van der Waals surface area contributed by atoms with Crippen molar-refractivity contribution in [2.75, 3.05) is 7.11 Å². The maximum atomic E-state index is 13.7. The highest BCUT2D eigenvalue weighted by Gasteiger charge is 2.19. The van der Waals surface area contributed by atoms with Crippen LogP contribution in [0.1, 0.15) is 24.2 Å². The number of methoxy groups -OCH3 is 1. The molecule has 3 aromatic heterocycles. The normalized spacial score (nSPS) is 12.3. The van der Waals surface area contributed by atoms with Gasteiger partial charge in [-0.05, 0) is 55.8 Å². The van der Waals surface area contributed by atoms with Crippen molar-refractivity contribution in [3.05, 3.63) is 94.4 Å². The molecular weight excluding hydrogens is 452 g/mol. The Hall–Kier alpha value is -4.27. The fourth-order valence-corrected chi connectivity index (χ4v) is 4.32. The van der Waals surface area contributed by atoms with Crippen LogP contribution in [0.5, 0.6) is 5.75 Å². The quantitative estimate of drug-likeness (QED) is 0.367. The molecular formula is C26H23F2N5O2. The molecule has 0 bridgehead atoms. The summed E-state index contributed by atoms with van der Waals surface area (Å²) >= 11 is 0. The lowest BCUT2D eigenvalue weighted by Gasteiger charge is -2.16. The number of fused-ring (bicyclic) bond motifs is 1. The minimum absolute atomic E-state index is 0.266. The zero-order valence-corrected chi connectivity index (χ0v) is 19.7. The van der Waals surface area contributed by atoms with Gasteiger partial charge in [0.05, 0.1) is 36.4 Å². The maximum absolute atomic E-state index is 13.7. The molecule has 9 heteroatoms. The Kier molecular flexibility index (Phi) is 5.47. The zero-order chi connectivity index (χ0) is 24.9. The second-order valence-electron chi connectivity index (χ2n) is 8.44. The lowest BCUT2D eigenvalue weighted by Crippen LogP contribution is -2.23. The van der Waals surface area contributed by atoms with Gasteiger partial charge in [0.25, 0.3) is 5.56 Å². The Morgan fingerprint density at radius 2 is 1.80 bits per heavy atom. The molecule has 2 aromatic carbocycles. The average molecular weight is 475 g/mol. The SMILES string of the molecule is COc1cc(-c2nc3c(=O)n(C(C)c4cc(F)cc(F)c4)ccc3n2C)ccc1-n1cnc(C)c1. The van der Waals surface area contributed by atoms with Gasteiger partial charge in [0.2, 0.25) is 0 Å². The molecule has 1 atom stereocenters. The van der Waals surface area contributed by atoms with E-state index >= 15 is 0 Å². The standard InChI is InChI=1S/C26H23F2N5O2/c1-15-13-32(14-29-15)21-6-5-17(11-23(21)35-4)25-30-24-22(31(25)3)7-8-33(26(24)34)16(2)18-9-19(27)12-20(28)10-18/h5-14,16H,1-4H3. The topological polar surface area (TPSA) is 66.9 Å². The van der Waals surface area contributed by atoms with Crippen LogP contribution in [0.25, 0.3) is 28.1 Å². The predicted octanol–water partition coefficient (Wildman–Crippen LogP) is 4.79. The monoisotopic (exact) mass is 475 g/mol. The molecule has 0 fully saturated rings. The summed E-state index contributed by atoms with van der Waals surface area (Å²) in [7, 11) is 3.43. The van der Waals surface area contributed by atoms with E-state index in [9.17, 15) is 13.6 Å². The molecule has 0 aliphatic carbocycles. The van der Waals surface area contributed by atoms with E-state index in [1.165, 1.54) is 16.7 Å². The van der Waals surface area contributed by atoms with Crippen LogP contribution in [0.4, 0.5) is 8.78 Å². The first-order valence-corrected chi connectivity index (χ1v) is 11.0. The molecule has 1 unspecified atom stereocenters. The van der Waals surface area contributed by atoms with Crippen LogP contribution in [-0.4, -0.2) is 30.8 Å². The smallest absolute Gasteiger partial charge is 0.279 e. The van der Waals surface area contributed by atoms with Crippen molar-refractivity contribution in [2.24, 2.45) is 7.05 Å². The number of pyridine rings is 1. The van der Waals surface area contributed by atoms with Gasteiger partial charge in [-0.15, -0.1) is 0 Å². The molecule has 0 spiro atoms. The van der Waals surface area contributed by atoms with E-state index in [0.717, 1.165) is 23.0 Å². The zero-order valence-electron chi connectivity index (χ0n) is 19.7. The van der Waals surface area contributed by atoms with Crippen molar-refractivity contribution in [1.82, 2.24) is 23.7 Å². The van der Waals surface area contributed by atoms with Gasteiger partial charge in [-0.1, -0.05) is 0 Å². The van der Waals surface area contributed by atoms with Crippen molar-refractivity contribution in [3.8, 4) is 22.8 Å². The first-order chi connectivity index (χ1) is 16.8. The molecule has 0 radical (unpaired) electrons. The molecule has 5 rings (SSSR count). The van der Waals surface area contributed by atoms with Crippen molar-refractivity contribution in [1.29, 1.82) is 0 Å². The third kappa shape index (κ3) is 3.88. The molecule has 5 aromatic rings. The number of benzene rings is 2. The van der Waals surface area contributed by atoms with E-state index in [4.69, 9.17) is 4.74 Å². The lowest BCUT2D eigenvalue weighted by molar-refractivity contribution is 0.413. The lowest BCUT2D eigenvalue weighted by atomic mass is 10.1. The van der Waals surface area contributed by atoms with Gasteiger partial charge in [0.15, 0.2) is 5.52 Å². The summed E-state index contributed by atoms with van der Waals surface area (Å²) in [6.45, 7) is 3.63. The average Bonchev–Trinajstić information content (AvgIpc) is 3.41. The minimum Gasteiger partial charge on any atom is -0.495 e. The number of halogens is 2. The molecule has 0 N–H and O–H groups in total. The number of aryl methyl sites for hydroxylation is 2. The molecule has 0 saturated carbocycles. The molecule has 0 aliphatic rings. The van der Waals surface area contributed by atoms with Crippen molar-refractivity contribution >= 4 is 11.0 Å². The van der Waals surface area contributed by atoms with Gasteiger partial charge in [-0.2, -0.15) is 0 Å². The van der Waals surface area contributed by atoms with Gasteiger partial charge >= 0.3 is 0 Å². The van der Waals surface area contributed by atoms with Gasteiger partial charge in [0, 0.05) is 31.1 Å². The fourth-order valence-electron chi connectivity index (χ4n) is 4.32. The number of hydrogen-bond acceptors (Lipinski definition) is 4. The van der Waals surface area contributed by atoms with E-state index in [2.05, 4.69) is 9.97 Å². The highest BCUT2D eigenvalue weighted by atomic mass is 19.1. The number of hydrogen-bond donors (Lipinski definition) is 0. The molecule has 0 saturated heterocycles. The van der Waals surface area contributed by atoms with E-state index in [1.54, 1.807) is 32.6 Å². The summed E-state index contributed by atoms with van der Waals surface area (Å²) in [6.07, 6.45) is 5.24. The van der Waals surface area contributed by atoms with Crippen LogP contribution in [0.15, 0.2) is 66.0 Å². The summed E-state index contributed by atoms with van der Waals surface area (Å²) < 4.78 is 38.2. The summed E-state index contributed by atoms with van der Waals surface area (Å²) in [6, 6.07) is 10.1. The second-order valence-corrected chi connectivity index (χ2v) is 8.44. The summed E-state index contributed by atoms with van der Waals surface area (Å²) in [5.41, 5.74) is 3.41. The van der Waals surface area contributed by atoms with Crippen molar-refractivity contribution in [3.63, 3.8) is 0 Å². The first kappa shape index (κ1) is 22.5. The van der Waals surface area contributed by atoms with Crippen LogP contribution < -0.4 is 10.3 Å². The van der Waals surface area contributed by atoms with Crippen LogP contribution in [-0.2, 0) is 7.05 Å². The Bertz CT molecular complexity index is 1610. The van der Waals surface area contributed by atoms with Crippen molar-refractivity contribution in [2.45, 2.75) is 19.9 Å². The Balaban J connectivity index is 1.59. The Morgan fingerprint density at radius 3 is 2.46 bits per heavy atom. The van der Waals surface area contributed by atoms with Crippen LogP contribution >= 0.6 is 0 Å². The Morgan fingerprint density at radius 1 is 1.06 bits per heavy atom. The largest absolute Gasteiger partial charge is 0.495 e. The predicted molar refractivity (Wildman–Crippen MR) is 129 cm³/mol. The van der Waals surface area contributed by atoms with Crippen LogP contribution in [0.3, 0.4) is 0 Å². The number of rotatable bonds is 5. The molecule has 0 aliphatic heterocycles. The van der Waals surface area contributed by atoms with E-state index in [-0.39, 0.29) is 11.1 Å². The maximum Gasteiger partial charge on any atom is 0.279 e. The van der Waals surface area contributed by atoms with Gasteiger partial charge < -0.3 is 18.4 Å². The minimum atomic E-state index is -0.690. The molecule has 3 heterocycles. The van der Waals surface area contributed by atoms with Crippen LogP contribution in [0.2, 0.25) is 0 Å². The third-order valence-corrected chi connectivity index (χ3v) is 6.18. The number of aromatic nitrogens is 5. The highest BCUT2D eigenvalue weighted by molar-refractivity contribution is 5.80. The van der Waals surface area contributed by atoms with Gasteiger partial charge in [-0.25, -0.2) is 18.7 Å². The summed E-state index contributed by atoms with van der Waals surface area (Å²) in [4.78, 5) is 22.2. The van der Waals surface area contributed by atoms with E-state index in [1.807, 2.05) is 47.5 Å². The van der Waals surface area contributed by atoms with Gasteiger partial charge in [0.1, 0.15) is 23.2 Å². The molecule has 0 amide bonds. The number of ether oxygens (including phenoxy) is 1. The van der Waals surface area contributed by atoms with E-state index in [0.29, 0.717) is 22.7 Å². The fraction of sp³-hybridized carbons (Fsp3) is 0.192. The third-order valence-electron chi connectivity index (χ3n) is 6.18. The first-order valence-electron chi connectivity index (χ1n) is 11.0. The summed E-state index contributed by atoms with van der Waals surface area (Å²) in [5.74, 6) is -0.161. The van der Waals surface area contributed by atoms with Crippen molar-refractivity contribution < 1.29 is 13.5 Å². The molecule has 35 heavy (non-hydrogen) atoms. The Labute approximate surface area is 199 Å². The summed E-state index contributed by atoms with van der Waals surface area (Å²) in [5, 5.41) is 0. The highest BCUT2D eigenvalue weighted by Crippen LogP contribution is 2.31. The molecule has 7 nitrogen and oxygen atoms in total. The van der Waals surface area contributed by atoms with E-state index < -0.39 is 17.7 Å². The number of nitrogens with zero attached hydrogens (tertiary/aromatic N) is 5.